The van der Waals surface area contributed by atoms with Crippen LogP contribution in [0.4, 0.5) is 0 Å². The Bertz CT molecular complexity index is 488. The van der Waals surface area contributed by atoms with Crippen molar-refractivity contribution >= 4 is 17.1 Å². The van der Waals surface area contributed by atoms with Crippen LogP contribution in [0.25, 0.3) is 0 Å². The highest BCUT2D eigenvalue weighted by atomic mass is 32.1. The van der Waals surface area contributed by atoms with Gasteiger partial charge in [-0.25, -0.2) is 9.67 Å². The van der Waals surface area contributed by atoms with Gasteiger partial charge in [-0.1, -0.05) is 5.21 Å². The smallest absolute Gasteiger partial charge is 0.181 e. The van der Waals surface area contributed by atoms with Crippen LogP contribution in [0.3, 0.4) is 0 Å². The quantitative estimate of drug-likeness (QED) is 0.734. The third-order valence-corrected chi connectivity index (χ3v) is 2.81. The summed E-state index contributed by atoms with van der Waals surface area (Å²) in [6.45, 7) is 3.99. The van der Waals surface area contributed by atoms with Gasteiger partial charge in [-0.05, 0) is 6.92 Å². The number of hydrogen-bond donors (Lipinski definition) is 0. The van der Waals surface area contributed by atoms with E-state index < -0.39 is 0 Å². The average molecular weight is 222 g/mol. The first-order valence-electron chi connectivity index (χ1n) is 4.47. The van der Waals surface area contributed by atoms with E-state index in [4.69, 9.17) is 0 Å². The zero-order valence-electron chi connectivity index (χ0n) is 8.47. The molecule has 0 amide bonds. The van der Waals surface area contributed by atoms with Gasteiger partial charge < -0.3 is 0 Å². The van der Waals surface area contributed by atoms with Gasteiger partial charge in [0.25, 0.3) is 0 Å². The molecule has 2 rings (SSSR count). The van der Waals surface area contributed by atoms with Crippen molar-refractivity contribution in [2.75, 3.05) is 0 Å². The number of hydrogen-bond acceptors (Lipinski definition) is 5. The third-order valence-electron chi connectivity index (χ3n) is 1.86. The molecule has 2 aromatic rings. The maximum atomic E-state index is 11.0. The molecule has 2 aromatic heterocycles. The summed E-state index contributed by atoms with van der Waals surface area (Å²) in [5, 5.41) is 10.6. The highest BCUT2D eigenvalue weighted by molar-refractivity contribution is 7.09. The molecule has 0 N–H and O–H groups in total. The van der Waals surface area contributed by atoms with Crippen molar-refractivity contribution in [2.24, 2.45) is 0 Å². The van der Waals surface area contributed by atoms with E-state index in [1.807, 2.05) is 12.3 Å². The van der Waals surface area contributed by atoms with Crippen LogP contribution in [0, 0.1) is 6.92 Å². The first-order chi connectivity index (χ1) is 7.15. The lowest BCUT2D eigenvalue weighted by Gasteiger charge is -1.93. The molecular formula is C9H10N4OS. The summed E-state index contributed by atoms with van der Waals surface area (Å²) in [4.78, 5) is 15.3. The minimum absolute atomic E-state index is 0.0726. The molecule has 0 unspecified atom stereocenters. The Morgan fingerprint density at radius 1 is 1.60 bits per heavy atom. The van der Waals surface area contributed by atoms with Gasteiger partial charge in [-0.2, -0.15) is 0 Å². The van der Waals surface area contributed by atoms with E-state index in [0.717, 1.165) is 10.7 Å². The number of aromatic nitrogens is 4. The van der Waals surface area contributed by atoms with Crippen molar-refractivity contribution < 1.29 is 4.79 Å². The first-order valence-corrected chi connectivity index (χ1v) is 5.35. The lowest BCUT2D eigenvalue weighted by atomic mass is 10.3. The first kappa shape index (κ1) is 9.97. The van der Waals surface area contributed by atoms with E-state index in [1.165, 1.54) is 6.92 Å². The molecule has 0 aliphatic heterocycles. The number of Topliss-reactive ketones (excluding diaryl/α,β-unsaturated/α-hetero) is 1. The fraction of sp³-hybridized carbons (Fsp3) is 0.333. The molecule has 0 spiro atoms. The van der Waals surface area contributed by atoms with Gasteiger partial charge in [0.05, 0.1) is 12.7 Å². The Labute approximate surface area is 90.8 Å². The summed E-state index contributed by atoms with van der Waals surface area (Å²) >= 11 is 1.58. The van der Waals surface area contributed by atoms with Crippen LogP contribution in [0.1, 0.15) is 28.1 Å². The lowest BCUT2D eigenvalue weighted by molar-refractivity contribution is 0.101. The summed E-state index contributed by atoms with van der Waals surface area (Å²) in [5.74, 6) is -0.0726. The molecule has 0 radical (unpaired) electrons. The molecule has 0 aliphatic carbocycles. The van der Waals surface area contributed by atoms with E-state index in [2.05, 4.69) is 15.3 Å². The summed E-state index contributed by atoms with van der Waals surface area (Å²) < 4.78 is 1.62. The lowest BCUT2D eigenvalue weighted by Crippen LogP contribution is -1.99. The Morgan fingerprint density at radius 3 is 2.93 bits per heavy atom. The molecule has 0 saturated heterocycles. The fourth-order valence-electron chi connectivity index (χ4n) is 1.15. The number of nitrogens with zero attached hydrogens (tertiary/aromatic N) is 4. The summed E-state index contributed by atoms with van der Waals surface area (Å²) in [5.41, 5.74) is 1.39. The maximum Gasteiger partial charge on any atom is 0.181 e. The molecule has 15 heavy (non-hydrogen) atoms. The highest BCUT2D eigenvalue weighted by Crippen LogP contribution is 2.09. The number of ketones is 1. The van der Waals surface area contributed by atoms with Gasteiger partial charge in [0, 0.05) is 18.0 Å². The fourth-order valence-corrected chi connectivity index (χ4v) is 1.91. The van der Waals surface area contributed by atoms with Crippen LogP contribution in [0.5, 0.6) is 0 Å². The third kappa shape index (κ3) is 2.27. The van der Waals surface area contributed by atoms with E-state index >= 15 is 0 Å². The van der Waals surface area contributed by atoms with E-state index in [-0.39, 0.29) is 5.78 Å². The van der Waals surface area contributed by atoms with Crippen molar-refractivity contribution in [1.82, 2.24) is 20.0 Å². The van der Waals surface area contributed by atoms with E-state index in [1.54, 1.807) is 22.2 Å². The molecule has 0 atom stereocenters. The second-order valence-corrected chi connectivity index (χ2v) is 4.18. The van der Waals surface area contributed by atoms with Crippen molar-refractivity contribution in [2.45, 2.75) is 20.4 Å². The van der Waals surface area contributed by atoms with Gasteiger partial charge in [0.15, 0.2) is 5.78 Å². The van der Waals surface area contributed by atoms with E-state index in [9.17, 15) is 4.79 Å². The Balaban J connectivity index is 2.14. The minimum Gasteiger partial charge on any atom is -0.293 e. The zero-order valence-corrected chi connectivity index (χ0v) is 9.28. The van der Waals surface area contributed by atoms with Gasteiger partial charge >= 0.3 is 0 Å². The van der Waals surface area contributed by atoms with Gasteiger partial charge in [-0.3, -0.25) is 4.79 Å². The molecule has 0 fully saturated rings. The number of aryl methyl sites for hydroxylation is 1. The topological polar surface area (TPSA) is 60.7 Å². The van der Waals surface area contributed by atoms with Gasteiger partial charge in [0.2, 0.25) is 0 Å². The molecule has 78 valence electrons. The highest BCUT2D eigenvalue weighted by Gasteiger charge is 2.06. The number of rotatable bonds is 3. The largest absolute Gasteiger partial charge is 0.293 e. The number of thiazole rings is 1. The Morgan fingerprint density at radius 2 is 2.40 bits per heavy atom. The predicted molar refractivity (Wildman–Crippen MR) is 56.0 cm³/mol. The maximum absolute atomic E-state index is 11.0. The normalized spacial score (nSPS) is 10.5. The Hall–Kier alpha value is -1.56. The molecular weight excluding hydrogens is 212 g/mol. The Kier molecular flexibility index (Phi) is 2.59. The van der Waals surface area contributed by atoms with Gasteiger partial charge in [0.1, 0.15) is 10.7 Å². The predicted octanol–water partition coefficient (Wildman–Crippen LogP) is 1.29. The molecule has 5 nitrogen and oxygen atoms in total. The number of carbonyl (C=O) groups is 1. The molecule has 0 bridgehead atoms. The second kappa shape index (κ2) is 3.90. The van der Waals surface area contributed by atoms with Crippen LogP contribution in [-0.2, 0) is 6.54 Å². The van der Waals surface area contributed by atoms with Crippen molar-refractivity contribution in [3.05, 3.63) is 28.0 Å². The van der Waals surface area contributed by atoms with Crippen LogP contribution in [0.15, 0.2) is 11.6 Å². The van der Waals surface area contributed by atoms with Crippen molar-refractivity contribution in [3.63, 3.8) is 0 Å². The van der Waals surface area contributed by atoms with Crippen molar-refractivity contribution in [3.8, 4) is 0 Å². The van der Waals surface area contributed by atoms with E-state index in [0.29, 0.717) is 12.2 Å². The van der Waals surface area contributed by atoms with Crippen LogP contribution in [-0.4, -0.2) is 25.8 Å². The summed E-state index contributed by atoms with van der Waals surface area (Å²) in [7, 11) is 0. The van der Waals surface area contributed by atoms with Gasteiger partial charge in [-0.15, -0.1) is 16.4 Å². The summed E-state index contributed by atoms with van der Waals surface area (Å²) in [6.07, 6.45) is 1.64. The molecule has 0 aliphatic rings. The molecule has 0 aromatic carbocycles. The average Bonchev–Trinajstić information content (AvgIpc) is 2.76. The molecule has 6 heteroatoms. The minimum atomic E-state index is -0.0726. The SMILES string of the molecule is CC(=O)c1cn(Cc2nc(C)cs2)nn1. The second-order valence-electron chi connectivity index (χ2n) is 3.24. The molecule has 0 saturated carbocycles. The number of carbonyl (C=O) groups excluding carboxylic acids is 1. The van der Waals surface area contributed by atoms with Crippen molar-refractivity contribution in [1.29, 1.82) is 0 Å². The summed E-state index contributed by atoms with van der Waals surface area (Å²) in [6, 6.07) is 0. The standard InChI is InChI=1S/C9H10N4OS/c1-6-5-15-9(10-6)4-13-3-8(7(2)14)11-12-13/h3,5H,4H2,1-2H3. The van der Waals surface area contributed by atoms with Crippen LogP contribution in [0.2, 0.25) is 0 Å². The zero-order chi connectivity index (χ0) is 10.8. The van der Waals surface area contributed by atoms with Crippen LogP contribution >= 0.6 is 11.3 Å². The molecule has 2 heterocycles. The van der Waals surface area contributed by atoms with Crippen LogP contribution < -0.4 is 0 Å². The monoisotopic (exact) mass is 222 g/mol.